The van der Waals surface area contributed by atoms with Crippen LogP contribution in [0.25, 0.3) is 11.3 Å². The highest BCUT2D eigenvalue weighted by Gasteiger charge is 2.37. The Hall–Kier alpha value is -2.98. The summed E-state index contributed by atoms with van der Waals surface area (Å²) in [5.41, 5.74) is 7.72. The number of nitrogens with two attached hydrogens (primary N) is 1. The Morgan fingerprint density at radius 2 is 1.90 bits per heavy atom. The highest BCUT2D eigenvalue weighted by molar-refractivity contribution is 5.86. The van der Waals surface area contributed by atoms with Gasteiger partial charge < -0.3 is 11.1 Å². The van der Waals surface area contributed by atoms with Crippen LogP contribution in [-0.4, -0.2) is 27.3 Å². The Morgan fingerprint density at radius 1 is 1.24 bits per heavy atom. The zero-order valence-electron chi connectivity index (χ0n) is 16.9. The lowest BCUT2D eigenvalue weighted by atomic mass is 9.96. The van der Waals surface area contributed by atoms with E-state index in [2.05, 4.69) is 16.5 Å². The van der Waals surface area contributed by atoms with Crippen LogP contribution < -0.4 is 16.6 Å². The van der Waals surface area contributed by atoms with E-state index in [-0.39, 0.29) is 17.5 Å². The number of nitrogens with one attached hydrogen (secondary N) is 1. The van der Waals surface area contributed by atoms with E-state index >= 15 is 0 Å². The van der Waals surface area contributed by atoms with E-state index in [0.29, 0.717) is 25.0 Å². The van der Waals surface area contributed by atoms with E-state index < -0.39 is 11.6 Å². The van der Waals surface area contributed by atoms with Gasteiger partial charge in [-0.1, -0.05) is 37.1 Å². The lowest BCUT2D eigenvalue weighted by Gasteiger charge is -2.24. The Balaban J connectivity index is 1.70. The molecule has 1 aliphatic carbocycles. The first-order valence-electron chi connectivity index (χ1n) is 10.0. The highest BCUT2D eigenvalue weighted by Crippen LogP contribution is 2.27. The standard InChI is InChI=1S/C22H27N5O2/c1-15(2)27-20(28)10-9-19(26-27)17-7-5-16(6-8-17)13-18(14-23)25-21(29)22(24)11-3-4-12-22/h5-10,15,18H,3-4,11-13,24H2,1-2H3,(H,25,29). The van der Waals surface area contributed by atoms with Crippen molar-refractivity contribution in [3.05, 3.63) is 52.3 Å². The molecule has 152 valence electrons. The first-order chi connectivity index (χ1) is 13.8. The second kappa shape index (κ2) is 8.58. The number of carbonyl (C=O) groups excluding carboxylic acids is 1. The Morgan fingerprint density at radius 3 is 2.48 bits per heavy atom. The maximum Gasteiger partial charge on any atom is 0.267 e. The van der Waals surface area contributed by atoms with E-state index in [1.54, 1.807) is 6.07 Å². The number of nitriles is 1. The zero-order chi connectivity index (χ0) is 21.0. The van der Waals surface area contributed by atoms with Gasteiger partial charge in [0.15, 0.2) is 0 Å². The topological polar surface area (TPSA) is 114 Å². The lowest BCUT2D eigenvalue weighted by molar-refractivity contribution is -0.126. The number of hydrogen-bond acceptors (Lipinski definition) is 5. The SMILES string of the molecule is CC(C)n1nc(-c2ccc(CC(C#N)NC(=O)C3(N)CCCC3)cc2)ccc1=O. The number of hydrogen-bond donors (Lipinski definition) is 2. The van der Waals surface area contributed by atoms with Gasteiger partial charge in [0.2, 0.25) is 5.91 Å². The van der Waals surface area contributed by atoms with Crippen molar-refractivity contribution < 1.29 is 4.79 Å². The molecule has 7 nitrogen and oxygen atoms in total. The molecule has 1 aromatic heterocycles. The van der Waals surface area contributed by atoms with Crippen molar-refractivity contribution in [2.24, 2.45) is 5.73 Å². The Labute approximate surface area is 170 Å². The first kappa shape index (κ1) is 20.7. The van der Waals surface area contributed by atoms with E-state index in [1.807, 2.05) is 38.1 Å². The quantitative estimate of drug-likeness (QED) is 0.782. The monoisotopic (exact) mass is 393 g/mol. The molecule has 7 heteroatoms. The van der Waals surface area contributed by atoms with Crippen LogP contribution in [0.1, 0.15) is 51.1 Å². The number of aromatic nitrogens is 2. The van der Waals surface area contributed by atoms with Crippen LogP contribution in [0.5, 0.6) is 0 Å². The average Bonchev–Trinajstić information content (AvgIpc) is 3.16. The number of rotatable bonds is 6. The van der Waals surface area contributed by atoms with Crippen molar-refractivity contribution >= 4 is 5.91 Å². The van der Waals surface area contributed by atoms with Crippen LogP contribution in [-0.2, 0) is 11.2 Å². The van der Waals surface area contributed by atoms with Crippen LogP contribution in [0.2, 0.25) is 0 Å². The first-order valence-corrected chi connectivity index (χ1v) is 10.0. The molecule has 0 spiro atoms. The summed E-state index contributed by atoms with van der Waals surface area (Å²) in [6, 6.07) is 12.4. The average molecular weight is 393 g/mol. The highest BCUT2D eigenvalue weighted by atomic mass is 16.2. The Kier molecular flexibility index (Phi) is 6.14. The molecule has 0 radical (unpaired) electrons. The molecule has 0 aliphatic heterocycles. The molecule has 1 fully saturated rings. The second-order valence-electron chi connectivity index (χ2n) is 8.01. The summed E-state index contributed by atoms with van der Waals surface area (Å²) in [6.07, 6.45) is 3.62. The van der Waals surface area contributed by atoms with Gasteiger partial charge in [0, 0.05) is 18.1 Å². The summed E-state index contributed by atoms with van der Waals surface area (Å²) in [6.45, 7) is 3.82. The van der Waals surface area contributed by atoms with Crippen LogP contribution in [0.3, 0.4) is 0 Å². The minimum Gasteiger partial charge on any atom is -0.338 e. The predicted octanol–water partition coefficient (Wildman–Crippen LogP) is 2.31. The van der Waals surface area contributed by atoms with Crippen molar-refractivity contribution in [3.63, 3.8) is 0 Å². The van der Waals surface area contributed by atoms with Crippen molar-refractivity contribution in [1.82, 2.24) is 15.1 Å². The number of nitrogens with zero attached hydrogens (tertiary/aromatic N) is 3. The molecule has 3 N–H and O–H groups in total. The van der Waals surface area contributed by atoms with Gasteiger partial charge in [0.05, 0.1) is 23.3 Å². The van der Waals surface area contributed by atoms with Crippen molar-refractivity contribution in [2.45, 2.75) is 63.6 Å². The van der Waals surface area contributed by atoms with Crippen molar-refractivity contribution in [3.8, 4) is 17.3 Å². The molecule has 1 unspecified atom stereocenters. The molecule has 29 heavy (non-hydrogen) atoms. The lowest BCUT2D eigenvalue weighted by Crippen LogP contribution is -2.54. The molecule has 0 saturated heterocycles. The number of amides is 1. The van der Waals surface area contributed by atoms with Crippen LogP contribution in [0, 0.1) is 11.3 Å². The molecular formula is C22H27N5O2. The van der Waals surface area contributed by atoms with Gasteiger partial charge in [-0.05, 0) is 38.3 Å². The third-order valence-electron chi connectivity index (χ3n) is 5.41. The zero-order valence-corrected chi connectivity index (χ0v) is 16.9. The normalized spacial score (nSPS) is 16.4. The van der Waals surface area contributed by atoms with E-state index in [1.165, 1.54) is 10.7 Å². The summed E-state index contributed by atoms with van der Waals surface area (Å²) >= 11 is 0. The van der Waals surface area contributed by atoms with Crippen molar-refractivity contribution in [1.29, 1.82) is 5.26 Å². The van der Waals surface area contributed by atoms with Crippen LogP contribution in [0.15, 0.2) is 41.2 Å². The van der Waals surface area contributed by atoms with Gasteiger partial charge in [-0.3, -0.25) is 9.59 Å². The third-order valence-corrected chi connectivity index (χ3v) is 5.41. The molecule has 1 saturated carbocycles. The Bertz CT molecular complexity index is 966. The maximum atomic E-state index is 12.5. The molecule has 3 rings (SSSR count). The molecule has 1 aromatic carbocycles. The fourth-order valence-electron chi connectivity index (χ4n) is 3.66. The molecule has 0 bridgehead atoms. The third kappa shape index (κ3) is 4.72. The van der Waals surface area contributed by atoms with E-state index in [4.69, 9.17) is 5.73 Å². The van der Waals surface area contributed by atoms with Crippen LogP contribution >= 0.6 is 0 Å². The summed E-state index contributed by atoms with van der Waals surface area (Å²) < 4.78 is 1.45. The van der Waals surface area contributed by atoms with Crippen LogP contribution in [0.4, 0.5) is 0 Å². The predicted molar refractivity (Wildman–Crippen MR) is 111 cm³/mol. The van der Waals surface area contributed by atoms with Gasteiger partial charge in [-0.2, -0.15) is 10.4 Å². The van der Waals surface area contributed by atoms with Gasteiger partial charge in [-0.15, -0.1) is 0 Å². The second-order valence-corrected chi connectivity index (χ2v) is 8.01. The molecule has 1 atom stereocenters. The summed E-state index contributed by atoms with van der Waals surface area (Å²) in [4.78, 5) is 24.3. The molecule has 1 aliphatic rings. The molecule has 1 heterocycles. The van der Waals surface area contributed by atoms with Gasteiger partial charge in [0.1, 0.15) is 6.04 Å². The van der Waals surface area contributed by atoms with E-state index in [0.717, 1.165) is 24.0 Å². The largest absolute Gasteiger partial charge is 0.338 e. The summed E-state index contributed by atoms with van der Waals surface area (Å²) in [7, 11) is 0. The van der Waals surface area contributed by atoms with Gasteiger partial charge in [0.25, 0.3) is 5.56 Å². The maximum absolute atomic E-state index is 12.5. The summed E-state index contributed by atoms with van der Waals surface area (Å²) in [5.74, 6) is -0.238. The molecule has 2 aromatic rings. The minimum atomic E-state index is -0.843. The number of benzene rings is 1. The van der Waals surface area contributed by atoms with Crippen molar-refractivity contribution in [2.75, 3.05) is 0 Å². The summed E-state index contributed by atoms with van der Waals surface area (Å²) in [5, 5.41) is 16.7. The fraction of sp³-hybridized carbons (Fsp3) is 0.455. The minimum absolute atomic E-state index is 0.0209. The smallest absolute Gasteiger partial charge is 0.267 e. The fourth-order valence-corrected chi connectivity index (χ4v) is 3.66. The van der Waals surface area contributed by atoms with Gasteiger partial charge >= 0.3 is 0 Å². The van der Waals surface area contributed by atoms with Gasteiger partial charge in [-0.25, -0.2) is 4.68 Å². The number of carbonyl (C=O) groups is 1. The molecular weight excluding hydrogens is 366 g/mol. The van der Waals surface area contributed by atoms with E-state index in [9.17, 15) is 14.9 Å². The molecule has 1 amide bonds.